The first-order chi connectivity index (χ1) is 9.47. The van der Waals surface area contributed by atoms with Crippen LogP contribution >= 0.6 is 11.6 Å². The molecule has 1 aromatic heterocycles. The van der Waals surface area contributed by atoms with Crippen LogP contribution in [0.2, 0.25) is 5.15 Å². The van der Waals surface area contributed by atoms with Crippen LogP contribution in [0.4, 0.5) is 0 Å². The predicted molar refractivity (Wildman–Crippen MR) is 80.8 cm³/mol. The molecule has 0 spiro atoms. The van der Waals surface area contributed by atoms with E-state index in [9.17, 15) is 5.11 Å². The molecule has 0 aliphatic heterocycles. The van der Waals surface area contributed by atoms with E-state index in [1.807, 2.05) is 7.05 Å². The van der Waals surface area contributed by atoms with Gasteiger partial charge < -0.3 is 5.11 Å². The highest BCUT2D eigenvalue weighted by Gasteiger charge is 2.40. The van der Waals surface area contributed by atoms with E-state index in [-0.39, 0.29) is 0 Å². The van der Waals surface area contributed by atoms with Crippen molar-refractivity contribution in [1.82, 2.24) is 9.78 Å². The second-order valence-corrected chi connectivity index (χ2v) is 7.41. The molecular formula is C16H25ClN2O. The molecule has 2 aliphatic carbocycles. The second-order valence-electron chi connectivity index (χ2n) is 7.05. The molecule has 0 aromatic carbocycles. The van der Waals surface area contributed by atoms with Gasteiger partial charge in [-0.15, -0.1) is 0 Å². The molecular weight excluding hydrogens is 272 g/mol. The summed E-state index contributed by atoms with van der Waals surface area (Å²) >= 11 is 6.36. The second kappa shape index (κ2) is 5.34. The Kier molecular flexibility index (Phi) is 3.85. The number of aliphatic hydroxyl groups excluding tert-OH is 1. The lowest BCUT2D eigenvalue weighted by atomic mass is 9.83. The third kappa shape index (κ3) is 2.39. The third-order valence-corrected chi connectivity index (χ3v) is 5.78. The van der Waals surface area contributed by atoms with Gasteiger partial charge in [0.1, 0.15) is 5.15 Å². The summed E-state index contributed by atoms with van der Waals surface area (Å²) in [5.74, 6) is 2.73. The molecule has 0 saturated heterocycles. The van der Waals surface area contributed by atoms with E-state index in [1.165, 1.54) is 25.7 Å². The van der Waals surface area contributed by atoms with E-state index < -0.39 is 6.10 Å². The fraction of sp³-hybridized carbons (Fsp3) is 0.812. The smallest absolute Gasteiger partial charge is 0.132 e. The molecule has 0 amide bonds. The van der Waals surface area contributed by atoms with E-state index in [0.717, 1.165) is 29.5 Å². The average Bonchev–Trinajstić information content (AvgIpc) is 3.05. The Morgan fingerprint density at radius 3 is 2.65 bits per heavy atom. The Morgan fingerprint density at radius 1 is 1.35 bits per heavy atom. The normalized spacial score (nSPS) is 30.4. The lowest BCUT2D eigenvalue weighted by Crippen LogP contribution is -2.15. The zero-order valence-corrected chi connectivity index (χ0v) is 13.4. The van der Waals surface area contributed by atoms with E-state index in [2.05, 4.69) is 18.9 Å². The fourth-order valence-corrected chi connectivity index (χ4v) is 4.60. The van der Waals surface area contributed by atoms with E-state index in [4.69, 9.17) is 11.6 Å². The van der Waals surface area contributed by atoms with Gasteiger partial charge in [-0.1, -0.05) is 31.9 Å². The fourth-order valence-electron chi connectivity index (χ4n) is 4.34. The first-order valence-electron chi connectivity index (χ1n) is 7.87. The number of hydrogen-bond donors (Lipinski definition) is 1. The molecule has 2 bridgehead atoms. The number of aryl methyl sites for hydroxylation is 1. The first-order valence-corrected chi connectivity index (χ1v) is 8.25. The standard InChI is InChI=1S/C16H25ClN2O/c1-9(2)15-14(16(17)19(3)18-15)13(20)8-12-7-10-4-5-11(12)6-10/h9-13,20H,4-8H2,1-3H3. The number of nitrogens with zero attached hydrogens (tertiary/aromatic N) is 2. The van der Waals surface area contributed by atoms with Gasteiger partial charge in [-0.05, 0) is 49.4 Å². The first kappa shape index (κ1) is 14.4. The van der Waals surface area contributed by atoms with Crippen molar-refractivity contribution in [3.63, 3.8) is 0 Å². The lowest BCUT2D eigenvalue weighted by Gasteiger charge is -2.24. The monoisotopic (exact) mass is 296 g/mol. The molecule has 2 aliphatic rings. The molecule has 4 unspecified atom stereocenters. The van der Waals surface area contributed by atoms with Gasteiger partial charge in [0.25, 0.3) is 0 Å². The van der Waals surface area contributed by atoms with Gasteiger partial charge in [-0.25, -0.2) is 0 Å². The highest BCUT2D eigenvalue weighted by Crippen LogP contribution is 2.51. The number of hydrogen-bond acceptors (Lipinski definition) is 2. The van der Waals surface area contributed by atoms with Crippen molar-refractivity contribution in [3.8, 4) is 0 Å². The van der Waals surface area contributed by atoms with Crippen molar-refractivity contribution in [2.24, 2.45) is 24.8 Å². The van der Waals surface area contributed by atoms with E-state index in [0.29, 0.717) is 17.0 Å². The number of aromatic nitrogens is 2. The number of halogens is 1. The molecule has 1 N–H and O–H groups in total. The summed E-state index contributed by atoms with van der Waals surface area (Å²) in [6.45, 7) is 4.21. The summed E-state index contributed by atoms with van der Waals surface area (Å²) in [5.41, 5.74) is 1.82. The van der Waals surface area contributed by atoms with Crippen molar-refractivity contribution in [1.29, 1.82) is 0 Å². The van der Waals surface area contributed by atoms with Gasteiger partial charge in [0.05, 0.1) is 11.8 Å². The van der Waals surface area contributed by atoms with E-state index >= 15 is 0 Å². The molecule has 112 valence electrons. The summed E-state index contributed by atoms with van der Waals surface area (Å²) in [6, 6.07) is 0. The Morgan fingerprint density at radius 2 is 2.10 bits per heavy atom. The number of aliphatic hydroxyl groups is 1. The van der Waals surface area contributed by atoms with Crippen LogP contribution in [0.5, 0.6) is 0 Å². The van der Waals surface area contributed by atoms with Gasteiger partial charge in [-0.3, -0.25) is 4.68 Å². The van der Waals surface area contributed by atoms with Crippen LogP contribution in [-0.2, 0) is 7.05 Å². The van der Waals surface area contributed by atoms with Gasteiger partial charge in [0.15, 0.2) is 0 Å². The molecule has 1 heterocycles. The van der Waals surface area contributed by atoms with Crippen molar-refractivity contribution < 1.29 is 5.11 Å². The van der Waals surface area contributed by atoms with Gasteiger partial charge in [0.2, 0.25) is 0 Å². The quantitative estimate of drug-likeness (QED) is 0.910. The van der Waals surface area contributed by atoms with Crippen LogP contribution in [-0.4, -0.2) is 14.9 Å². The molecule has 4 heteroatoms. The maximum Gasteiger partial charge on any atom is 0.132 e. The zero-order chi connectivity index (χ0) is 14.4. The summed E-state index contributed by atoms with van der Waals surface area (Å²) in [7, 11) is 1.85. The average molecular weight is 297 g/mol. The SMILES string of the molecule is CC(C)c1nn(C)c(Cl)c1C(O)CC1CC2CCC1C2. The molecule has 2 saturated carbocycles. The van der Waals surface area contributed by atoms with Crippen LogP contribution in [0.3, 0.4) is 0 Å². The Labute approximate surface area is 126 Å². The largest absolute Gasteiger partial charge is 0.388 e. The summed E-state index contributed by atoms with van der Waals surface area (Å²) in [4.78, 5) is 0. The van der Waals surface area contributed by atoms with Crippen molar-refractivity contribution in [3.05, 3.63) is 16.4 Å². The predicted octanol–water partition coefficient (Wildman–Crippen LogP) is 4.06. The highest BCUT2D eigenvalue weighted by molar-refractivity contribution is 6.30. The maximum absolute atomic E-state index is 10.7. The third-order valence-electron chi connectivity index (χ3n) is 5.33. The topological polar surface area (TPSA) is 38.0 Å². The minimum absolute atomic E-state index is 0.290. The summed E-state index contributed by atoms with van der Waals surface area (Å²) in [5, 5.41) is 15.8. The molecule has 20 heavy (non-hydrogen) atoms. The number of fused-ring (bicyclic) bond motifs is 2. The Bertz CT molecular complexity index is 497. The Hall–Kier alpha value is -0.540. The van der Waals surface area contributed by atoms with Crippen molar-refractivity contribution >= 4 is 11.6 Å². The molecule has 3 rings (SSSR count). The molecule has 3 nitrogen and oxygen atoms in total. The zero-order valence-electron chi connectivity index (χ0n) is 12.6. The summed E-state index contributed by atoms with van der Waals surface area (Å²) in [6.07, 6.45) is 5.85. The lowest BCUT2D eigenvalue weighted by molar-refractivity contribution is 0.124. The number of rotatable bonds is 4. The molecule has 0 radical (unpaired) electrons. The van der Waals surface area contributed by atoms with Crippen LogP contribution in [0, 0.1) is 17.8 Å². The van der Waals surface area contributed by atoms with Crippen LogP contribution in [0.1, 0.15) is 69.2 Å². The van der Waals surface area contributed by atoms with Crippen molar-refractivity contribution in [2.45, 2.75) is 58.0 Å². The van der Waals surface area contributed by atoms with Gasteiger partial charge in [0, 0.05) is 12.6 Å². The minimum Gasteiger partial charge on any atom is -0.388 e. The van der Waals surface area contributed by atoms with Gasteiger partial charge >= 0.3 is 0 Å². The highest BCUT2D eigenvalue weighted by atomic mass is 35.5. The molecule has 1 aromatic rings. The Balaban J connectivity index is 1.78. The van der Waals surface area contributed by atoms with Crippen LogP contribution < -0.4 is 0 Å². The molecule has 4 atom stereocenters. The van der Waals surface area contributed by atoms with Crippen molar-refractivity contribution in [2.75, 3.05) is 0 Å². The van der Waals surface area contributed by atoms with Crippen LogP contribution in [0.15, 0.2) is 0 Å². The van der Waals surface area contributed by atoms with E-state index in [1.54, 1.807) is 4.68 Å². The van der Waals surface area contributed by atoms with Crippen LogP contribution in [0.25, 0.3) is 0 Å². The summed E-state index contributed by atoms with van der Waals surface area (Å²) < 4.78 is 1.69. The maximum atomic E-state index is 10.7. The molecule has 2 fully saturated rings. The minimum atomic E-state index is -0.460. The van der Waals surface area contributed by atoms with Gasteiger partial charge in [-0.2, -0.15) is 5.10 Å².